The maximum absolute atomic E-state index is 11.9. The first-order chi connectivity index (χ1) is 10.5. The second-order valence-electron chi connectivity index (χ2n) is 5.20. The van der Waals surface area contributed by atoms with Gasteiger partial charge in [0.25, 0.3) is 5.91 Å². The number of imidazole rings is 1. The number of carbonyl (C=O) groups excluding carboxylic acids is 1. The number of nitrogens with one attached hydrogen (secondary N) is 1. The van der Waals surface area contributed by atoms with Gasteiger partial charge in [-0.1, -0.05) is 17.7 Å². The normalized spacial score (nSPS) is 11.7. The molecule has 0 spiro atoms. The zero-order valence-corrected chi connectivity index (χ0v) is 12.3. The molecule has 0 fully saturated rings. The third-order valence-electron chi connectivity index (χ3n) is 3.85. The molecule has 6 nitrogen and oxygen atoms in total. The molecule has 3 heterocycles. The largest absolute Gasteiger partial charge is 0.506 e. The third kappa shape index (κ3) is 1.50. The van der Waals surface area contributed by atoms with E-state index in [0.717, 1.165) is 11.1 Å². The Labute approximate surface area is 129 Å². The predicted molar refractivity (Wildman–Crippen MR) is 84.5 cm³/mol. The number of aromatic nitrogens is 3. The Morgan fingerprint density at radius 3 is 2.95 bits per heavy atom. The van der Waals surface area contributed by atoms with E-state index in [1.165, 1.54) is 6.20 Å². The SMILES string of the molecule is Cc1ccc(O)c2[nH]c3c(C(N)=O)c4cc(Cl)cnc4n3c12. The molecule has 3 aromatic heterocycles. The molecular weight excluding hydrogens is 304 g/mol. The summed E-state index contributed by atoms with van der Waals surface area (Å²) in [5.74, 6) is -0.484. The molecule has 0 unspecified atom stereocenters. The smallest absolute Gasteiger partial charge is 0.253 e. The minimum absolute atomic E-state index is 0.0989. The van der Waals surface area contributed by atoms with Crippen molar-refractivity contribution in [3.8, 4) is 5.75 Å². The van der Waals surface area contributed by atoms with Crippen LogP contribution in [0.2, 0.25) is 5.02 Å². The number of hydrogen-bond acceptors (Lipinski definition) is 3. The average Bonchev–Trinajstić information content (AvgIpc) is 2.97. The zero-order chi connectivity index (χ0) is 15.6. The van der Waals surface area contributed by atoms with Gasteiger partial charge in [-0.3, -0.25) is 9.20 Å². The summed E-state index contributed by atoms with van der Waals surface area (Å²) in [7, 11) is 0. The number of nitrogens with zero attached hydrogens (tertiary/aromatic N) is 2. The molecule has 22 heavy (non-hydrogen) atoms. The average molecular weight is 315 g/mol. The zero-order valence-electron chi connectivity index (χ0n) is 11.5. The number of benzene rings is 1. The first kappa shape index (κ1) is 13.0. The van der Waals surface area contributed by atoms with Crippen LogP contribution >= 0.6 is 11.6 Å². The second-order valence-corrected chi connectivity index (χ2v) is 5.63. The van der Waals surface area contributed by atoms with E-state index in [0.29, 0.717) is 32.8 Å². The lowest BCUT2D eigenvalue weighted by Gasteiger charge is -2.01. The molecule has 1 amide bonds. The summed E-state index contributed by atoms with van der Waals surface area (Å²) >= 11 is 5.99. The van der Waals surface area contributed by atoms with Crippen LogP contribution in [-0.4, -0.2) is 25.4 Å². The summed E-state index contributed by atoms with van der Waals surface area (Å²) in [5, 5.41) is 11.1. The Bertz CT molecular complexity index is 1090. The lowest BCUT2D eigenvalue weighted by Crippen LogP contribution is -2.10. The highest BCUT2D eigenvalue weighted by Crippen LogP contribution is 2.34. The van der Waals surface area contributed by atoms with Crippen molar-refractivity contribution in [3.05, 3.63) is 40.5 Å². The number of fused-ring (bicyclic) bond motifs is 5. The van der Waals surface area contributed by atoms with Crippen molar-refractivity contribution in [2.45, 2.75) is 6.92 Å². The molecule has 4 rings (SSSR count). The number of aryl methyl sites for hydroxylation is 1. The molecule has 0 aliphatic rings. The van der Waals surface area contributed by atoms with Crippen LogP contribution in [0.15, 0.2) is 24.4 Å². The monoisotopic (exact) mass is 314 g/mol. The minimum atomic E-state index is -0.583. The van der Waals surface area contributed by atoms with Gasteiger partial charge in [0.15, 0.2) is 0 Å². The molecule has 0 saturated carbocycles. The number of aromatic hydroxyl groups is 1. The Morgan fingerprint density at radius 2 is 2.23 bits per heavy atom. The third-order valence-corrected chi connectivity index (χ3v) is 4.05. The van der Waals surface area contributed by atoms with Crippen LogP contribution in [-0.2, 0) is 0 Å². The van der Waals surface area contributed by atoms with Crippen molar-refractivity contribution < 1.29 is 9.90 Å². The second kappa shape index (κ2) is 4.14. The molecule has 7 heteroatoms. The van der Waals surface area contributed by atoms with E-state index in [1.54, 1.807) is 22.6 Å². The molecule has 4 aromatic rings. The van der Waals surface area contributed by atoms with Crippen LogP contribution < -0.4 is 5.73 Å². The fraction of sp³-hybridized carbons (Fsp3) is 0.0667. The van der Waals surface area contributed by atoms with Gasteiger partial charge in [-0.15, -0.1) is 0 Å². The molecule has 0 atom stereocenters. The summed E-state index contributed by atoms with van der Waals surface area (Å²) in [4.78, 5) is 19.3. The van der Waals surface area contributed by atoms with Crippen molar-refractivity contribution in [2.75, 3.05) is 0 Å². The number of rotatable bonds is 1. The fourth-order valence-electron chi connectivity index (χ4n) is 2.94. The maximum Gasteiger partial charge on any atom is 0.253 e. The molecule has 4 N–H and O–H groups in total. The first-order valence-corrected chi connectivity index (χ1v) is 6.96. The number of phenolic OH excluding ortho intramolecular Hbond substituents is 1. The fourth-order valence-corrected chi connectivity index (χ4v) is 3.10. The van der Waals surface area contributed by atoms with Gasteiger partial charge in [0.1, 0.15) is 22.6 Å². The number of halogens is 1. The number of H-pyrrole nitrogens is 1. The van der Waals surface area contributed by atoms with E-state index >= 15 is 0 Å². The van der Waals surface area contributed by atoms with Gasteiger partial charge < -0.3 is 15.8 Å². The van der Waals surface area contributed by atoms with Crippen LogP contribution in [0, 0.1) is 6.92 Å². The van der Waals surface area contributed by atoms with Crippen LogP contribution in [0.4, 0.5) is 0 Å². The molecule has 0 aliphatic heterocycles. The summed E-state index contributed by atoms with van der Waals surface area (Å²) in [6, 6.07) is 5.06. The van der Waals surface area contributed by atoms with Gasteiger partial charge in [0, 0.05) is 11.6 Å². The van der Waals surface area contributed by atoms with Crippen LogP contribution in [0.25, 0.3) is 27.7 Å². The van der Waals surface area contributed by atoms with Gasteiger partial charge in [-0.25, -0.2) is 4.98 Å². The Morgan fingerprint density at radius 1 is 1.45 bits per heavy atom. The van der Waals surface area contributed by atoms with Gasteiger partial charge in [-0.05, 0) is 24.6 Å². The van der Waals surface area contributed by atoms with Crippen LogP contribution in [0.5, 0.6) is 5.75 Å². The lowest BCUT2D eigenvalue weighted by molar-refractivity contribution is 0.100. The minimum Gasteiger partial charge on any atom is -0.506 e. The van der Waals surface area contributed by atoms with Gasteiger partial charge in [-0.2, -0.15) is 0 Å². The van der Waals surface area contributed by atoms with E-state index < -0.39 is 5.91 Å². The van der Waals surface area contributed by atoms with Gasteiger partial charge in [0.05, 0.1) is 16.1 Å². The predicted octanol–water partition coefficient (Wildman–Crippen LogP) is 2.74. The molecular formula is C15H11ClN4O2. The number of nitrogens with two attached hydrogens (primary N) is 1. The van der Waals surface area contributed by atoms with E-state index in [1.807, 2.05) is 6.92 Å². The summed E-state index contributed by atoms with van der Waals surface area (Å²) in [6.07, 6.45) is 1.51. The Hall–Kier alpha value is -2.73. The van der Waals surface area contributed by atoms with Crippen LogP contribution in [0.3, 0.4) is 0 Å². The summed E-state index contributed by atoms with van der Waals surface area (Å²) in [6.45, 7) is 1.92. The topological polar surface area (TPSA) is 96.4 Å². The van der Waals surface area contributed by atoms with E-state index in [2.05, 4.69) is 9.97 Å². The molecule has 1 aromatic carbocycles. The Kier molecular flexibility index (Phi) is 2.44. The maximum atomic E-state index is 11.9. The molecule has 110 valence electrons. The van der Waals surface area contributed by atoms with Crippen molar-refractivity contribution in [1.82, 2.24) is 14.4 Å². The molecule has 0 aliphatic carbocycles. The summed E-state index contributed by atoms with van der Waals surface area (Å²) < 4.78 is 1.79. The molecule has 0 saturated heterocycles. The number of pyridine rings is 1. The lowest BCUT2D eigenvalue weighted by atomic mass is 10.2. The highest BCUT2D eigenvalue weighted by molar-refractivity contribution is 6.31. The number of phenols is 1. The highest BCUT2D eigenvalue weighted by atomic mass is 35.5. The number of aromatic amines is 1. The van der Waals surface area contributed by atoms with Crippen molar-refractivity contribution in [3.63, 3.8) is 0 Å². The van der Waals surface area contributed by atoms with Crippen molar-refractivity contribution in [1.29, 1.82) is 0 Å². The highest BCUT2D eigenvalue weighted by Gasteiger charge is 2.22. The van der Waals surface area contributed by atoms with E-state index in [9.17, 15) is 9.90 Å². The standard InChI is InChI=1S/C15H11ClN4O2/c1-6-2-3-9(21)11-12(6)20-14-8(4-7(16)5-18-14)10(13(17)22)15(20)19-11/h2-5,19,21H,1H3,(H2,17,22). The van der Waals surface area contributed by atoms with Crippen LogP contribution in [0.1, 0.15) is 15.9 Å². The van der Waals surface area contributed by atoms with Gasteiger partial charge >= 0.3 is 0 Å². The quantitative estimate of drug-likeness (QED) is 0.504. The molecule has 0 bridgehead atoms. The van der Waals surface area contributed by atoms with Crippen molar-refractivity contribution >= 4 is 45.2 Å². The van der Waals surface area contributed by atoms with E-state index in [4.69, 9.17) is 17.3 Å². The summed E-state index contributed by atoms with van der Waals surface area (Å²) in [5.41, 5.74) is 9.12. The number of amides is 1. The first-order valence-electron chi connectivity index (χ1n) is 6.58. The number of hydrogen-bond donors (Lipinski definition) is 3. The number of primary amides is 1. The van der Waals surface area contributed by atoms with E-state index in [-0.39, 0.29) is 5.75 Å². The number of carbonyl (C=O) groups is 1. The molecule has 0 radical (unpaired) electrons. The Balaban J connectivity index is 2.38. The van der Waals surface area contributed by atoms with Crippen molar-refractivity contribution in [2.24, 2.45) is 5.73 Å². The van der Waals surface area contributed by atoms with Gasteiger partial charge in [0.2, 0.25) is 0 Å².